The van der Waals surface area contributed by atoms with Crippen molar-refractivity contribution in [3.05, 3.63) is 63.5 Å². The van der Waals surface area contributed by atoms with Crippen molar-refractivity contribution in [3.63, 3.8) is 0 Å². The normalized spacial score (nSPS) is 13.4. The van der Waals surface area contributed by atoms with Crippen molar-refractivity contribution < 1.29 is 9.59 Å². The number of hydrogen-bond acceptors (Lipinski definition) is 3. The Balaban J connectivity index is 2.12. The van der Waals surface area contributed by atoms with Crippen LogP contribution in [0.15, 0.2) is 41.1 Å². The van der Waals surface area contributed by atoms with Crippen LogP contribution in [0, 0.1) is 0 Å². The fraction of sp³-hybridized carbons (Fsp3) is 0. The second-order valence-corrected chi connectivity index (χ2v) is 5.56. The van der Waals surface area contributed by atoms with Gasteiger partial charge in [0.05, 0.1) is 16.8 Å². The second kappa shape index (κ2) is 3.86. The molecule has 2 aromatic heterocycles. The third-order valence-electron chi connectivity index (χ3n) is 3.53. The van der Waals surface area contributed by atoms with Gasteiger partial charge in [-0.15, -0.1) is 0 Å². The first-order valence-corrected chi connectivity index (χ1v) is 6.81. The third kappa shape index (κ3) is 1.38. The van der Waals surface area contributed by atoms with Crippen LogP contribution in [0.3, 0.4) is 0 Å². The minimum absolute atomic E-state index is 0.160. The van der Waals surface area contributed by atoms with Crippen LogP contribution < -0.4 is 0 Å². The molecule has 0 unspecified atom stereocenters. The van der Waals surface area contributed by atoms with Crippen molar-refractivity contribution in [2.75, 3.05) is 0 Å². The SMILES string of the molecule is O=C1c2ccncc2C(=O)c2c1[nH]c1ccc(Br)cc21. The minimum atomic E-state index is -0.163. The Bertz CT molecular complexity index is 911. The number of hydrogen-bond donors (Lipinski definition) is 1. The first-order valence-electron chi connectivity index (χ1n) is 6.01. The highest BCUT2D eigenvalue weighted by Gasteiger charge is 2.33. The monoisotopic (exact) mass is 326 g/mol. The second-order valence-electron chi connectivity index (χ2n) is 4.64. The zero-order chi connectivity index (χ0) is 13.9. The van der Waals surface area contributed by atoms with Gasteiger partial charge in [0.1, 0.15) is 0 Å². The van der Waals surface area contributed by atoms with Gasteiger partial charge >= 0.3 is 0 Å². The van der Waals surface area contributed by atoms with Crippen LogP contribution in [0.1, 0.15) is 32.0 Å². The highest BCUT2D eigenvalue weighted by molar-refractivity contribution is 9.10. The lowest BCUT2D eigenvalue weighted by Crippen LogP contribution is -2.20. The smallest absolute Gasteiger partial charge is 0.210 e. The van der Waals surface area contributed by atoms with Gasteiger partial charge in [-0.2, -0.15) is 0 Å². The molecule has 0 atom stereocenters. The Hall–Kier alpha value is -2.27. The van der Waals surface area contributed by atoms with Crippen LogP contribution in [0.5, 0.6) is 0 Å². The Labute approximate surface area is 122 Å². The first kappa shape index (κ1) is 11.5. The number of pyridine rings is 1. The Morgan fingerprint density at radius 1 is 1.05 bits per heavy atom. The van der Waals surface area contributed by atoms with Crippen LogP contribution in [0.4, 0.5) is 0 Å². The van der Waals surface area contributed by atoms with Crippen LogP contribution in [-0.2, 0) is 0 Å². The van der Waals surface area contributed by atoms with Crippen molar-refractivity contribution in [3.8, 4) is 0 Å². The molecule has 2 heterocycles. The number of halogens is 1. The highest BCUT2D eigenvalue weighted by atomic mass is 79.9. The quantitative estimate of drug-likeness (QED) is 0.540. The number of rotatable bonds is 0. The molecule has 1 aliphatic rings. The summed E-state index contributed by atoms with van der Waals surface area (Å²) >= 11 is 3.39. The maximum Gasteiger partial charge on any atom is 0.210 e. The average Bonchev–Trinajstić information content (AvgIpc) is 2.84. The van der Waals surface area contributed by atoms with Gasteiger partial charge in [-0.3, -0.25) is 14.6 Å². The average molecular weight is 327 g/mol. The molecule has 0 aliphatic heterocycles. The van der Waals surface area contributed by atoms with Crippen molar-refractivity contribution in [1.82, 2.24) is 9.97 Å². The van der Waals surface area contributed by atoms with Crippen molar-refractivity contribution in [2.45, 2.75) is 0 Å². The van der Waals surface area contributed by atoms with E-state index < -0.39 is 0 Å². The maximum absolute atomic E-state index is 12.6. The number of carbonyl (C=O) groups is 2. The summed E-state index contributed by atoms with van der Waals surface area (Å²) in [4.78, 5) is 32.1. The van der Waals surface area contributed by atoms with Gasteiger partial charge in [0.2, 0.25) is 5.78 Å². The summed E-state index contributed by atoms with van der Waals surface area (Å²) in [7, 11) is 0. The molecule has 4 nitrogen and oxygen atoms in total. The van der Waals surface area contributed by atoms with Gasteiger partial charge in [-0.1, -0.05) is 15.9 Å². The maximum atomic E-state index is 12.6. The topological polar surface area (TPSA) is 62.8 Å². The molecule has 5 heteroatoms. The molecule has 1 N–H and O–H groups in total. The molecular weight excluding hydrogens is 320 g/mol. The zero-order valence-electron chi connectivity index (χ0n) is 10.1. The van der Waals surface area contributed by atoms with Crippen LogP contribution >= 0.6 is 15.9 Å². The number of nitrogens with zero attached hydrogens (tertiary/aromatic N) is 1. The molecule has 1 aliphatic carbocycles. The van der Waals surface area contributed by atoms with E-state index in [0.29, 0.717) is 22.4 Å². The molecule has 3 aromatic rings. The molecule has 0 fully saturated rings. The predicted octanol–water partition coefficient (Wildman–Crippen LogP) is 3.10. The summed E-state index contributed by atoms with van der Waals surface area (Å²) in [6, 6.07) is 7.15. The van der Waals surface area contributed by atoms with E-state index >= 15 is 0 Å². The predicted molar refractivity (Wildman–Crippen MR) is 77.1 cm³/mol. The van der Waals surface area contributed by atoms with E-state index in [1.807, 2.05) is 18.2 Å². The lowest BCUT2D eigenvalue weighted by Gasteiger charge is -2.13. The van der Waals surface area contributed by atoms with Gasteiger partial charge < -0.3 is 4.98 Å². The Morgan fingerprint density at radius 2 is 1.90 bits per heavy atom. The van der Waals surface area contributed by atoms with E-state index in [1.54, 1.807) is 6.07 Å². The minimum Gasteiger partial charge on any atom is -0.351 e. The van der Waals surface area contributed by atoms with Crippen molar-refractivity contribution in [2.24, 2.45) is 0 Å². The molecule has 0 radical (unpaired) electrons. The summed E-state index contributed by atoms with van der Waals surface area (Å²) in [5, 5.41) is 0.752. The van der Waals surface area contributed by atoms with Gasteiger partial charge in [-0.05, 0) is 24.3 Å². The van der Waals surface area contributed by atoms with Crippen LogP contribution in [0.25, 0.3) is 10.9 Å². The summed E-state index contributed by atoms with van der Waals surface area (Å²) in [6.45, 7) is 0. The molecule has 96 valence electrons. The van der Waals surface area contributed by atoms with Crippen LogP contribution in [-0.4, -0.2) is 21.5 Å². The molecule has 20 heavy (non-hydrogen) atoms. The number of carbonyl (C=O) groups excluding carboxylic acids is 2. The number of benzene rings is 1. The van der Waals surface area contributed by atoms with Gasteiger partial charge in [0, 0.05) is 33.3 Å². The fourth-order valence-corrected chi connectivity index (χ4v) is 2.97. The van der Waals surface area contributed by atoms with E-state index in [4.69, 9.17) is 0 Å². The number of aromatic amines is 1. The van der Waals surface area contributed by atoms with Crippen molar-refractivity contribution in [1.29, 1.82) is 0 Å². The van der Waals surface area contributed by atoms with E-state index in [2.05, 4.69) is 25.9 Å². The Kier molecular flexibility index (Phi) is 2.23. The highest BCUT2D eigenvalue weighted by Crippen LogP contribution is 2.33. The van der Waals surface area contributed by atoms with Gasteiger partial charge in [-0.25, -0.2) is 0 Å². The van der Waals surface area contributed by atoms with E-state index in [0.717, 1.165) is 15.4 Å². The van der Waals surface area contributed by atoms with Crippen molar-refractivity contribution >= 4 is 38.4 Å². The molecule has 0 amide bonds. The molecule has 0 spiro atoms. The lowest BCUT2D eigenvalue weighted by molar-refractivity contribution is 0.0977. The number of fused-ring (bicyclic) bond motifs is 4. The van der Waals surface area contributed by atoms with Crippen LogP contribution in [0.2, 0.25) is 0 Å². The summed E-state index contributed by atoms with van der Waals surface area (Å²) < 4.78 is 0.865. The van der Waals surface area contributed by atoms with E-state index in [1.165, 1.54) is 12.4 Å². The van der Waals surface area contributed by atoms with Gasteiger partial charge in [0.25, 0.3) is 0 Å². The number of nitrogens with one attached hydrogen (secondary N) is 1. The molecule has 0 bridgehead atoms. The molecule has 0 saturated carbocycles. The summed E-state index contributed by atoms with van der Waals surface area (Å²) in [6.07, 6.45) is 2.98. The summed E-state index contributed by atoms with van der Waals surface area (Å²) in [5.41, 5.74) is 2.35. The molecular formula is C15H7BrN2O2. The standard InChI is InChI=1S/C15H7BrN2O2/c16-7-1-2-11-9(5-7)12-13(18-11)15(20)8-3-4-17-6-10(8)14(12)19/h1-6,18H. The fourth-order valence-electron chi connectivity index (χ4n) is 2.61. The number of H-pyrrole nitrogens is 1. The first-order chi connectivity index (χ1) is 9.66. The summed E-state index contributed by atoms with van der Waals surface area (Å²) in [5.74, 6) is -0.323. The zero-order valence-corrected chi connectivity index (χ0v) is 11.7. The number of ketones is 2. The number of aromatic nitrogens is 2. The lowest BCUT2D eigenvalue weighted by atomic mass is 9.88. The Morgan fingerprint density at radius 3 is 2.75 bits per heavy atom. The van der Waals surface area contributed by atoms with Gasteiger partial charge in [0.15, 0.2) is 5.78 Å². The van der Waals surface area contributed by atoms with E-state index in [9.17, 15) is 9.59 Å². The molecule has 4 rings (SSSR count). The van der Waals surface area contributed by atoms with E-state index in [-0.39, 0.29) is 11.6 Å². The molecule has 0 saturated heterocycles. The molecule has 1 aromatic carbocycles. The largest absolute Gasteiger partial charge is 0.351 e. The third-order valence-corrected chi connectivity index (χ3v) is 4.02.